The molecule has 0 aliphatic heterocycles. The van der Waals surface area contributed by atoms with Crippen molar-refractivity contribution in [2.24, 2.45) is 5.73 Å². The quantitative estimate of drug-likeness (QED) is 0.185. The third-order valence-corrected chi connectivity index (χ3v) is 5.25. The van der Waals surface area contributed by atoms with Gasteiger partial charge in [0.05, 0.1) is 12.2 Å². The average molecular weight is 442 g/mol. The van der Waals surface area contributed by atoms with Gasteiger partial charge in [0, 0.05) is 12.1 Å². The van der Waals surface area contributed by atoms with Crippen LogP contribution in [0.2, 0.25) is 0 Å². The maximum absolute atomic E-state index is 11.8. The summed E-state index contributed by atoms with van der Waals surface area (Å²) in [4.78, 5) is 22.9. The van der Waals surface area contributed by atoms with E-state index in [1.807, 2.05) is 0 Å². The van der Waals surface area contributed by atoms with Crippen LogP contribution in [0.3, 0.4) is 0 Å². The fourth-order valence-electron chi connectivity index (χ4n) is 3.40. The Labute approximate surface area is 189 Å². The number of nitrogens with zero attached hydrogens (tertiary/aromatic N) is 1. The molecule has 2 N–H and O–H groups in total. The number of nitrogens with two attached hydrogens (primary N) is 1. The van der Waals surface area contributed by atoms with Crippen molar-refractivity contribution >= 4 is 24.3 Å². The van der Waals surface area contributed by atoms with Crippen molar-refractivity contribution in [3.63, 3.8) is 0 Å². The molecule has 0 unspecified atom stereocenters. The van der Waals surface area contributed by atoms with E-state index >= 15 is 0 Å². The summed E-state index contributed by atoms with van der Waals surface area (Å²) in [5.41, 5.74) is 5.62. The Morgan fingerprint density at radius 1 is 0.800 bits per heavy atom. The maximum Gasteiger partial charge on any atom is 0.372 e. The fraction of sp³-hybridized carbons (Fsp3) is 0.708. The smallest absolute Gasteiger partial charge is 0.372 e. The van der Waals surface area contributed by atoms with Gasteiger partial charge < -0.3 is 10.5 Å². The highest BCUT2D eigenvalue weighted by atomic mass is 35.5. The Kier molecular flexibility index (Phi) is 18.3. The largest absolute Gasteiger partial charge is 0.461 e. The van der Waals surface area contributed by atoms with Crippen LogP contribution in [-0.2, 0) is 16.1 Å². The van der Waals surface area contributed by atoms with Crippen LogP contribution >= 0.6 is 12.4 Å². The minimum absolute atomic E-state index is 0. The molecule has 0 aliphatic rings. The van der Waals surface area contributed by atoms with Gasteiger partial charge in [-0.3, -0.25) is 4.79 Å². The van der Waals surface area contributed by atoms with Gasteiger partial charge in [0.15, 0.2) is 12.4 Å². The number of unbranched alkanes of at least 4 members (excludes halogenated alkanes) is 13. The molecule has 6 heteroatoms. The minimum Gasteiger partial charge on any atom is -0.461 e. The Bertz CT molecular complexity index is 564. The molecule has 0 saturated heterocycles. The van der Waals surface area contributed by atoms with E-state index in [2.05, 4.69) is 6.92 Å². The molecule has 0 spiro atoms. The molecule has 30 heavy (non-hydrogen) atoms. The van der Waals surface area contributed by atoms with Gasteiger partial charge in [-0.2, -0.15) is 4.57 Å². The molecule has 0 saturated carbocycles. The second kappa shape index (κ2) is 19.3. The number of primary amides is 1. The second-order valence-electron chi connectivity index (χ2n) is 7.94. The molecule has 0 fully saturated rings. The van der Waals surface area contributed by atoms with Crippen LogP contribution < -0.4 is 10.3 Å². The molecule has 1 rings (SSSR count). The van der Waals surface area contributed by atoms with Gasteiger partial charge in [0.1, 0.15) is 0 Å². The zero-order chi connectivity index (χ0) is 21.2. The van der Waals surface area contributed by atoms with Crippen molar-refractivity contribution in [3.05, 3.63) is 30.1 Å². The first-order valence-corrected chi connectivity index (χ1v) is 11.6. The van der Waals surface area contributed by atoms with Gasteiger partial charge in [-0.25, -0.2) is 4.79 Å². The van der Waals surface area contributed by atoms with Gasteiger partial charge in [-0.15, -0.1) is 12.4 Å². The second-order valence-corrected chi connectivity index (χ2v) is 7.94. The van der Waals surface area contributed by atoms with Crippen molar-refractivity contribution in [1.82, 2.24) is 0 Å². The summed E-state index contributed by atoms with van der Waals surface area (Å²) in [5, 5.41) is 0. The summed E-state index contributed by atoms with van der Waals surface area (Å²) in [7, 11) is 0. The van der Waals surface area contributed by atoms with E-state index in [1.54, 1.807) is 29.1 Å². The van der Waals surface area contributed by atoms with E-state index in [-0.39, 0.29) is 24.9 Å². The molecular weight excluding hydrogens is 400 g/mol. The number of halogens is 1. The van der Waals surface area contributed by atoms with Crippen LogP contribution in [-0.4, -0.2) is 18.5 Å². The van der Waals surface area contributed by atoms with Crippen LogP contribution in [0.4, 0.5) is 0 Å². The predicted octanol–water partition coefficient (Wildman–Crippen LogP) is 5.52. The monoisotopic (exact) mass is 441 g/mol. The number of rotatable bonds is 18. The van der Waals surface area contributed by atoms with Crippen molar-refractivity contribution in [2.75, 3.05) is 6.61 Å². The SMILES string of the molecule is CCCCCCCCCCCCCCCCOC(=O)C[n+]1ccc(C(N)=O)cc1.Cl. The van der Waals surface area contributed by atoms with Gasteiger partial charge in [-0.05, 0) is 6.42 Å². The number of carbonyl (C=O) groups excluding carboxylic acids is 2. The molecule has 0 bridgehead atoms. The number of pyridine rings is 1. The number of hydrogen-bond acceptors (Lipinski definition) is 3. The maximum atomic E-state index is 11.8. The highest BCUT2D eigenvalue weighted by Crippen LogP contribution is 2.12. The fourth-order valence-corrected chi connectivity index (χ4v) is 3.40. The number of esters is 1. The Hall–Kier alpha value is -1.62. The lowest BCUT2D eigenvalue weighted by molar-refractivity contribution is -0.686. The third kappa shape index (κ3) is 15.3. The van der Waals surface area contributed by atoms with Gasteiger partial charge in [-0.1, -0.05) is 90.4 Å². The number of carbonyl (C=O) groups is 2. The van der Waals surface area contributed by atoms with Crippen LogP contribution in [0.5, 0.6) is 0 Å². The summed E-state index contributed by atoms with van der Waals surface area (Å²) in [6, 6.07) is 3.20. The molecule has 0 atom stereocenters. The highest BCUT2D eigenvalue weighted by Gasteiger charge is 2.11. The van der Waals surface area contributed by atoms with Gasteiger partial charge in [0.25, 0.3) is 0 Å². The van der Waals surface area contributed by atoms with E-state index in [4.69, 9.17) is 10.5 Å². The topological polar surface area (TPSA) is 73.3 Å². The highest BCUT2D eigenvalue weighted by molar-refractivity contribution is 5.92. The first-order chi connectivity index (χ1) is 14.1. The Balaban J connectivity index is 0.00000841. The number of aromatic nitrogens is 1. The zero-order valence-electron chi connectivity index (χ0n) is 18.8. The van der Waals surface area contributed by atoms with Crippen molar-refractivity contribution in [2.45, 2.75) is 103 Å². The summed E-state index contributed by atoms with van der Waals surface area (Å²) in [5.74, 6) is -0.728. The molecule has 5 nitrogen and oxygen atoms in total. The number of ether oxygens (including phenoxy) is 1. The Morgan fingerprint density at radius 2 is 1.23 bits per heavy atom. The van der Waals surface area contributed by atoms with Crippen molar-refractivity contribution < 1.29 is 18.9 Å². The van der Waals surface area contributed by atoms with Crippen LogP contribution in [0.15, 0.2) is 24.5 Å². The van der Waals surface area contributed by atoms with E-state index in [0.29, 0.717) is 12.2 Å². The van der Waals surface area contributed by atoms with Gasteiger partial charge in [0.2, 0.25) is 12.5 Å². The number of hydrogen-bond donors (Lipinski definition) is 1. The number of amides is 1. The van der Waals surface area contributed by atoms with Crippen molar-refractivity contribution in [1.29, 1.82) is 0 Å². The van der Waals surface area contributed by atoms with E-state index in [0.717, 1.165) is 12.8 Å². The average Bonchev–Trinajstić information content (AvgIpc) is 2.71. The molecule has 172 valence electrons. The standard InChI is InChI=1S/C24H40N2O3.ClH/c1-2-3-4-5-6-7-8-9-10-11-12-13-14-15-20-29-23(27)21-26-18-16-22(17-19-26)24(25)28;/h16-19H,2-15,20-21H2,1H3,(H-,25,28);1H/p+1. The third-order valence-electron chi connectivity index (χ3n) is 5.25. The lowest BCUT2D eigenvalue weighted by atomic mass is 10.0. The first-order valence-electron chi connectivity index (χ1n) is 11.6. The summed E-state index contributed by atoms with van der Waals surface area (Å²) in [6.07, 6.45) is 21.7. The van der Waals surface area contributed by atoms with Crippen LogP contribution in [0.1, 0.15) is 107 Å². The molecule has 0 radical (unpaired) electrons. The minimum atomic E-state index is -0.475. The summed E-state index contributed by atoms with van der Waals surface area (Å²) < 4.78 is 6.96. The first kappa shape index (κ1) is 28.4. The Morgan fingerprint density at radius 3 is 1.67 bits per heavy atom. The van der Waals surface area contributed by atoms with E-state index < -0.39 is 5.91 Å². The molecule has 1 heterocycles. The normalized spacial score (nSPS) is 10.4. The molecule has 1 aromatic rings. The molecule has 0 aliphatic carbocycles. The molecule has 1 aromatic heterocycles. The molecular formula is C24H42ClN2O3+. The van der Waals surface area contributed by atoms with Gasteiger partial charge >= 0.3 is 5.97 Å². The predicted molar refractivity (Wildman–Crippen MR) is 124 cm³/mol. The molecule has 0 aromatic carbocycles. The lowest BCUT2D eigenvalue weighted by Crippen LogP contribution is -2.38. The van der Waals surface area contributed by atoms with Crippen molar-refractivity contribution in [3.8, 4) is 0 Å². The zero-order valence-corrected chi connectivity index (χ0v) is 19.6. The molecule has 1 amide bonds. The summed E-state index contributed by atoms with van der Waals surface area (Å²) in [6.45, 7) is 2.90. The van der Waals surface area contributed by atoms with E-state index in [9.17, 15) is 9.59 Å². The lowest BCUT2D eigenvalue weighted by Gasteiger charge is -2.04. The van der Waals surface area contributed by atoms with E-state index in [1.165, 1.54) is 77.0 Å². The van der Waals surface area contributed by atoms with Crippen LogP contribution in [0.25, 0.3) is 0 Å². The van der Waals surface area contributed by atoms with Crippen LogP contribution in [0, 0.1) is 0 Å². The summed E-state index contributed by atoms with van der Waals surface area (Å²) >= 11 is 0.